The Kier molecular flexibility index (Phi) is 5.14. The number of para-hydroxylation sites is 1. The number of aromatic nitrogens is 1. The van der Waals surface area contributed by atoms with Crippen molar-refractivity contribution < 1.29 is 13.5 Å². The van der Waals surface area contributed by atoms with Crippen LogP contribution in [0.3, 0.4) is 0 Å². The summed E-state index contributed by atoms with van der Waals surface area (Å²) in [7, 11) is -1.70. The van der Waals surface area contributed by atoms with Gasteiger partial charge in [-0.2, -0.15) is 4.72 Å². The molecule has 134 valence electrons. The summed E-state index contributed by atoms with van der Waals surface area (Å²) in [6.45, 7) is 1.82. The van der Waals surface area contributed by atoms with Gasteiger partial charge in [0.05, 0.1) is 11.4 Å². The maximum absolute atomic E-state index is 12.2. The van der Waals surface area contributed by atoms with E-state index in [1.54, 1.807) is 24.3 Å². The molecule has 3 aromatic rings. The van der Waals surface area contributed by atoms with Crippen LogP contribution in [0, 0.1) is 18.8 Å². The molecule has 1 heterocycles. The van der Waals surface area contributed by atoms with Crippen molar-refractivity contribution in [3.05, 3.63) is 65.9 Å². The quantitative estimate of drug-likeness (QED) is 0.695. The van der Waals surface area contributed by atoms with Gasteiger partial charge in [-0.25, -0.2) is 8.42 Å². The van der Waals surface area contributed by atoms with Crippen molar-refractivity contribution in [3.63, 3.8) is 0 Å². The molecule has 1 aromatic heterocycles. The summed E-state index contributed by atoms with van der Waals surface area (Å²) in [6.07, 6.45) is 0.852. The molecule has 0 aliphatic heterocycles. The van der Waals surface area contributed by atoms with Crippen LogP contribution in [-0.4, -0.2) is 24.6 Å². The van der Waals surface area contributed by atoms with Crippen LogP contribution in [0.1, 0.15) is 17.2 Å². The Hall–Kier alpha value is -2.59. The highest BCUT2D eigenvalue weighted by atomic mass is 32.2. The Balaban J connectivity index is 1.70. The average Bonchev–Trinajstić information content (AvgIpc) is 2.96. The molecule has 0 bridgehead atoms. The number of aliphatic hydroxyl groups is 1. The fraction of sp³-hybridized carbons (Fsp3) is 0.200. The standard InChI is InChI=1S/C20H20N2O3S/c1-15-9-11-16(12-10-15)26(24,25)21-13-5-8-20(23)18-14-22(2)19-7-4-3-6-17(18)19/h3-4,6-7,9-12,14,20-21,23H,13H2,1-2H3. The van der Waals surface area contributed by atoms with Crippen molar-refractivity contribution in [2.24, 2.45) is 7.05 Å². The maximum atomic E-state index is 12.2. The van der Waals surface area contributed by atoms with Crippen LogP contribution >= 0.6 is 0 Å². The van der Waals surface area contributed by atoms with E-state index in [-0.39, 0.29) is 11.4 Å². The molecule has 2 aromatic carbocycles. The molecular formula is C20H20N2O3S. The minimum atomic E-state index is -3.61. The summed E-state index contributed by atoms with van der Waals surface area (Å²) in [6, 6.07) is 14.3. The number of nitrogens with one attached hydrogen (secondary N) is 1. The third kappa shape index (κ3) is 3.81. The Labute approximate surface area is 153 Å². The van der Waals surface area contributed by atoms with E-state index >= 15 is 0 Å². The normalized spacial score (nSPS) is 12.6. The third-order valence-corrected chi connectivity index (χ3v) is 5.56. The average molecular weight is 368 g/mol. The second kappa shape index (κ2) is 7.34. The minimum absolute atomic E-state index is 0.0714. The number of fused-ring (bicyclic) bond motifs is 1. The second-order valence-electron chi connectivity index (χ2n) is 6.07. The van der Waals surface area contributed by atoms with Crippen LogP contribution < -0.4 is 4.72 Å². The molecular weight excluding hydrogens is 348 g/mol. The van der Waals surface area contributed by atoms with Gasteiger partial charge in [0.25, 0.3) is 0 Å². The van der Waals surface area contributed by atoms with E-state index in [1.807, 2.05) is 49.0 Å². The zero-order valence-electron chi connectivity index (χ0n) is 14.6. The van der Waals surface area contributed by atoms with E-state index in [1.165, 1.54) is 0 Å². The van der Waals surface area contributed by atoms with Gasteiger partial charge in [0.2, 0.25) is 10.0 Å². The number of benzene rings is 2. The number of hydrogen-bond acceptors (Lipinski definition) is 3. The van der Waals surface area contributed by atoms with Gasteiger partial charge in [-0.3, -0.25) is 0 Å². The first-order valence-electron chi connectivity index (χ1n) is 8.15. The smallest absolute Gasteiger partial charge is 0.241 e. The Morgan fingerprint density at radius 1 is 1.15 bits per heavy atom. The Morgan fingerprint density at radius 2 is 1.85 bits per heavy atom. The molecule has 1 unspecified atom stereocenters. The molecule has 0 saturated heterocycles. The number of nitrogens with zero attached hydrogens (tertiary/aromatic N) is 1. The first-order valence-corrected chi connectivity index (χ1v) is 9.63. The van der Waals surface area contributed by atoms with E-state index < -0.39 is 16.1 Å². The number of aliphatic hydroxyl groups excluding tert-OH is 1. The zero-order chi connectivity index (χ0) is 18.7. The number of hydrogen-bond donors (Lipinski definition) is 2. The summed E-state index contributed by atoms with van der Waals surface area (Å²) in [5.41, 5.74) is 2.70. The lowest BCUT2D eigenvalue weighted by Crippen LogP contribution is -2.24. The molecule has 6 heteroatoms. The highest BCUT2D eigenvalue weighted by Gasteiger charge is 2.13. The van der Waals surface area contributed by atoms with E-state index in [0.29, 0.717) is 5.56 Å². The lowest BCUT2D eigenvalue weighted by atomic mass is 10.1. The predicted molar refractivity (Wildman–Crippen MR) is 102 cm³/mol. The molecule has 0 amide bonds. The molecule has 3 rings (SSSR count). The molecule has 0 aliphatic carbocycles. The lowest BCUT2D eigenvalue weighted by Gasteiger charge is -2.04. The van der Waals surface area contributed by atoms with Crippen molar-refractivity contribution in [1.82, 2.24) is 9.29 Å². The highest BCUT2D eigenvalue weighted by Crippen LogP contribution is 2.25. The van der Waals surface area contributed by atoms with Gasteiger partial charge in [0.15, 0.2) is 0 Å². The van der Waals surface area contributed by atoms with E-state index in [9.17, 15) is 13.5 Å². The summed E-state index contributed by atoms with van der Waals surface area (Å²) in [5.74, 6) is 5.40. The summed E-state index contributed by atoms with van der Waals surface area (Å²) >= 11 is 0. The molecule has 0 aliphatic rings. The number of rotatable bonds is 4. The lowest BCUT2D eigenvalue weighted by molar-refractivity contribution is 0.239. The van der Waals surface area contributed by atoms with Gasteiger partial charge in [0, 0.05) is 29.7 Å². The van der Waals surface area contributed by atoms with Gasteiger partial charge in [-0.15, -0.1) is 0 Å². The fourth-order valence-electron chi connectivity index (χ4n) is 2.75. The molecule has 0 spiro atoms. The van der Waals surface area contributed by atoms with Crippen LogP contribution in [0.2, 0.25) is 0 Å². The fourth-order valence-corrected chi connectivity index (χ4v) is 3.67. The minimum Gasteiger partial charge on any atom is -0.376 e. The van der Waals surface area contributed by atoms with Crippen LogP contribution in [-0.2, 0) is 17.1 Å². The molecule has 0 fully saturated rings. The summed E-state index contributed by atoms with van der Waals surface area (Å²) in [4.78, 5) is 0.194. The van der Waals surface area contributed by atoms with Gasteiger partial charge >= 0.3 is 0 Å². The number of sulfonamides is 1. The van der Waals surface area contributed by atoms with Crippen LogP contribution in [0.25, 0.3) is 10.9 Å². The van der Waals surface area contributed by atoms with Crippen molar-refractivity contribution in [3.8, 4) is 11.8 Å². The Bertz CT molecular complexity index is 1090. The van der Waals surface area contributed by atoms with Gasteiger partial charge < -0.3 is 9.67 Å². The van der Waals surface area contributed by atoms with Crippen molar-refractivity contribution in [2.75, 3.05) is 6.54 Å². The summed E-state index contributed by atoms with van der Waals surface area (Å²) < 4.78 is 28.7. The van der Waals surface area contributed by atoms with Crippen LogP contribution in [0.5, 0.6) is 0 Å². The maximum Gasteiger partial charge on any atom is 0.241 e. The van der Waals surface area contributed by atoms with Gasteiger partial charge in [-0.05, 0) is 25.1 Å². The topological polar surface area (TPSA) is 71.3 Å². The largest absolute Gasteiger partial charge is 0.376 e. The SMILES string of the molecule is Cc1ccc(S(=O)(=O)NCC#CC(O)c2cn(C)c3ccccc23)cc1. The zero-order valence-corrected chi connectivity index (χ0v) is 15.4. The first kappa shape index (κ1) is 18.2. The van der Waals surface area contributed by atoms with E-state index in [2.05, 4.69) is 16.6 Å². The Morgan fingerprint density at radius 3 is 2.58 bits per heavy atom. The molecule has 5 nitrogen and oxygen atoms in total. The van der Waals surface area contributed by atoms with Gasteiger partial charge in [0.1, 0.15) is 6.10 Å². The van der Waals surface area contributed by atoms with Crippen LogP contribution in [0.15, 0.2) is 59.6 Å². The van der Waals surface area contributed by atoms with E-state index in [4.69, 9.17) is 0 Å². The van der Waals surface area contributed by atoms with Gasteiger partial charge in [-0.1, -0.05) is 47.7 Å². The second-order valence-corrected chi connectivity index (χ2v) is 7.84. The van der Waals surface area contributed by atoms with Crippen LogP contribution in [0.4, 0.5) is 0 Å². The third-order valence-electron chi connectivity index (χ3n) is 4.14. The van der Waals surface area contributed by atoms with Crippen molar-refractivity contribution in [2.45, 2.75) is 17.9 Å². The first-order chi connectivity index (χ1) is 12.4. The predicted octanol–water partition coefficient (Wildman–Crippen LogP) is 2.50. The molecule has 26 heavy (non-hydrogen) atoms. The molecule has 0 saturated carbocycles. The molecule has 1 atom stereocenters. The molecule has 0 radical (unpaired) electrons. The van der Waals surface area contributed by atoms with E-state index in [0.717, 1.165) is 16.5 Å². The number of aryl methyl sites for hydroxylation is 2. The highest BCUT2D eigenvalue weighted by molar-refractivity contribution is 7.89. The monoisotopic (exact) mass is 368 g/mol. The molecule has 2 N–H and O–H groups in total. The van der Waals surface area contributed by atoms with Crippen molar-refractivity contribution >= 4 is 20.9 Å². The summed E-state index contributed by atoms with van der Waals surface area (Å²) in [5, 5.41) is 11.3. The van der Waals surface area contributed by atoms with Crippen molar-refractivity contribution in [1.29, 1.82) is 0 Å².